The molecule has 5 heteroatoms. The number of aryl methyl sites for hydroxylation is 2. The Bertz CT molecular complexity index is 908. The number of H-pyrrole nitrogens is 1. The van der Waals surface area contributed by atoms with Crippen molar-refractivity contribution < 1.29 is 4.79 Å². The molecule has 0 radical (unpaired) electrons. The van der Waals surface area contributed by atoms with E-state index in [1.54, 1.807) is 24.3 Å². The van der Waals surface area contributed by atoms with Crippen molar-refractivity contribution in [3.63, 3.8) is 0 Å². The minimum absolute atomic E-state index is 0.203. The molecular weight excluding hydrogens is 278 g/mol. The number of hydrogen-bond donors (Lipinski definition) is 2. The van der Waals surface area contributed by atoms with E-state index < -0.39 is 0 Å². The lowest BCUT2D eigenvalue weighted by Gasteiger charge is -2.08. The third-order valence-electron chi connectivity index (χ3n) is 3.39. The largest absolute Gasteiger partial charge is 0.321 e. The Morgan fingerprint density at radius 2 is 1.68 bits per heavy atom. The van der Waals surface area contributed by atoms with Crippen molar-refractivity contribution in [1.29, 1.82) is 0 Å². The number of hydrogen-bond acceptors (Lipinski definition) is 3. The topological polar surface area (TPSA) is 74.8 Å². The van der Waals surface area contributed by atoms with Gasteiger partial charge in [-0.15, -0.1) is 0 Å². The quantitative estimate of drug-likeness (QED) is 0.763. The predicted octanol–water partition coefficient (Wildman–Crippen LogP) is 2.79. The van der Waals surface area contributed by atoms with Crippen LogP contribution in [0, 0.1) is 13.8 Å². The summed E-state index contributed by atoms with van der Waals surface area (Å²) in [7, 11) is 0. The lowest BCUT2D eigenvalue weighted by molar-refractivity contribution is 0.102. The van der Waals surface area contributed by atoms with Crippen LogP contribution >= 0.6 is 0 Å². The number of fused-ring (bicyclic) bond motifs is 1. The van der Waals surface area contributed by atoms with E-state index in [1.807, 2.05) is 32.0 Å². The molecule has 22 heavy (non-hydrogen) atoms. The predicted molar refractivity (Wildman–Crippen MR) is 86.2 cm³/mol. The van der Waals surface area contributed by atoms with Crippen molar-refractivity contribution in [2.45, 2.75) is 13.8 Å². The summed E-state index contributed by atoms with van der Waals surface area (Å²) < 4.78 is 0. The van der Waals surface area contributed by atoms with E-state index >= 15 is 0 Å². The molecule has 3 aromatic rings. The molecule has 1 heterocycles. The van der Waals surface area contributed by atoms with Crippen LogP contribution in [0.1, 0.15) is 21.6 Å². The fourth-order valence-corrected chi connectivity index (χ4v) is 2.52. The first kappa shape index (κ1) is 14.0. The van der Waals surface area contributed by atoms with Gasteiger partial charge >= 0.3 is 0 Å². The molecule has 0 saturated carbocycles. The van der Waals surface area contributed by atoms with Crippen LogP contribution in [0.25, 0.3) is 10.8 Å². The average molecular weight is 293 g/mol. The summed E-state index contributed by atoms with van der Waals surface area (Å²) >= 11 is 0. The first-order valence-electron chi connectivity index (χ1n) is 6.91. The molecule has 1 amide bonds. The minimum atomic E-state index is -0.350. The zero-order valence-electron chi connectivity index (χ0n) is 12.3. The standard InChI is InChI=1S/C17H15N3O2/c1-10-7-11(2)9-12(8-10)18-17(22)15-13-5-3-4-6-14(13)16(21)20-19-15/h3-9H,1-2H3,(H,18,22)(H,20,21). The van der Waals surface area contributed by atoms with Gasteiger partial charge in [0.1, 0.15) is 0 Å². The number of nitrogens with zero attached hydrogens (tertiary/aromatic N) is 1. The number of rotatable bonds is 2. The summed E-state index contributed by atoms with van der Waals surface area (Å²) in [5.74, 6) is -0.350. The van der Waals surface area contributed by atoms with Crippen molar-refractivity contribution in [3.05, 3.63) is 69.6 Å². The van der Waals surface area contributed by atoms with E-state index in [1.165, 1.54) is 0 Å². The highest BCUT2D eigenvalue weighted by Crippen LogP contribution is 2.17. The summed E-state index contributed by atoms with van der Waals surface area (Å²) in [6, 6.07) is 12.7. The first-order valence-corrected chi connectivity index (χ1v) is 6.91. The summed E-state index contributed by atoms with van der Waals surface area (Å²) in [5, 5.41) is 10.1. The van der Waals surface area contributed by atoms with E-state index in [-0.39, 0.29) is 17.2 Å². The highest BCUT2D eigenvalue weighted by atomic mass is 16.2. The maximum Gasteiger partial charge on any atom is 0.276 e. The number of carbonyl (C=O) groups excluding carboxylic acids is 1. The summed E-state index contributed by atoms with van der Waals surface area (Å²) in [5.41, 5.74) is 2.73. The molecule has 0 fully saturated rings. The second kappa shape index (κ2) is 5.44. The van der Waals surface area contributed by atoms with Gasteiger partial charge in [0.15, 0.2) is 5.69 Å². The lowest BCUT2D eigenvalue weighted by atomic mass is 10.1. The first-order chi connectivity index (χ1) is 10.5. The highest BCUT2D eigenvalue weighted by molar-refractivity contribution is 6.11. The zero-order chi connectivity index (χ0) is 15.7. The number of aromatic amines is 1. The van der Waals surface area contributed by atoms with Gasteiger partial charge in [-0.25, -0.2) is 5.10 Å². The Morgan fingerprint density at radius 3 is 2.36 bits per heavy atom. The molecule has 1 aromatic heterocycles. The van der Waals surface area contributed by atoms with Gasteiger partial charge in [0.05, 0.1) is 5.39 Å². The molecule has 110 valence electrons. The van der Waals surface area contributed by atoms with Gasteiger partial charge in [-0.3, -0.25) is 9.59 Å². The number of nitrogens with one attached hydrogen (secondary N) is 2. The van der Waals surface area contributed by atoms with Crippen molar-refractivity contribution in [1.82, 2.24) is 10.2 Å². The summed E-state index contributed by atoms with van der Waals surface area (Å²) in [6.07, 6.45) is 0. The van der Waals surface area contributed by atoms with Crippen LogP contribution in [0.15, 0.2) is 47.3 Å². The van der Waals surface area contributed by atoms with E-state index in [9.17, 15) is 9.59 Å². The number of aromatic nitrogens is 2. The van der Waals surface area contributed by atoms with Gasteiger partial charge in [0.25, 0.3) is 11.5 Å². The van der Waals surface area contributed by atoms with Crippen LogP contribution in [0.2, 0.25) is 0 Å². The summed E-state index contributed by atoms with van der Waals surface area (Å²) in [6.45, 7) is 3.94. The van der Waals surface area contributed by atoms with Crippen LogP contribution in [-0.2, 0) is 0 Å². The average Bonchev–Trinajstić information content (AvgIpc) is 2.46. The van der Waals surface area contributed by atoms with Gasteiger partial charge in [-0.1, -0.05) is 24.3 Å². The highest BCUT2D eigenvalue weighted by Gasteiger charge is 2.14. The molecule has 0 bridgehead atoms. The molecule has 0 saturated heterocycles. The molecule has 0 spiro atoms. The normalized spacial score (nSPS) is 10.6. The Hall–Kier alpha value is -2.95. The lowest BCUT2D eigenvalue weighted by Crippen LogP contribution is -2.19. The van der Waals surface area contributed by atoms with Crippen LogP contribution < -0.4 is 10.9 Å². The molecule has 0 unspecified atom stereocenters. The van der Waals surface area contributed by atoms with Crippen molar-refractivity contribution in [2.24, 2.45) is 0 Å². The van der Waals surface area contributed by atoms with Crippen LogP contribution in [0.4, 0.5) is 5.69 Å². The Balaban J connectivity index is 2.03. The molecule has 0 atom stereocenters. The third-order valence-corrected chi connectivity index (χ3v) is 3.39. The SMILES string of the molecule is Cc1cc(C)cc(NC(=O)c2n[nH]c(=O)c3ccccc23)c1. The number of benzene rings is 2. The Kier molecular flexibility index (Phi) is 3.47. The van der Waals surface area contributed by atoms with Crippen molar-refractivity contribution >= 4 is 22.4 Å². The molecule has 2 aromatic carbocycles. The number of anilines is 1. The zero-order valence-corrected chi connectivity index (χ0v) is 12.3. The molecule has 5 nitrogen and oxygen atoms in total. The second-order valence-electron chi connectivity index (χ2n) is 5.28. The third kappa shape index (κ3) is 2.61. The van der Waals surface area contributed by atoms with Crippen molar-refractivity contribution in [3.8, 4) is 0 Å². The fraction of sp³-hybridized carbons (Fsp3) is 0.118. The van der Waals surface area contributed by atoms with Crippen LogP contribution in [0.3, 0.4) is 0 Å². The number of carbonyl (C=O) groups is 1. The van der Waals surface area contributed by atoms with E-state index in [4.69, 9.17) is 0 Å². The van der Waals surface area contributed by atoms with Crippen LogP contribution in [-0.4, -0.2) is 16.1 Å². The summed E-state index contributed by atoms with van der Waals surface area (Å²) in [4.78, 5) is 24.2. The molecule has 0 aliphatic carbocycles. The second-order valence-corrected chi connectivity index (χ2v) is 5.28. The fourth-order valence-electron chi connectivity index (χ4n) is 2.52. The van der Waals surface area contributed by atoms with Gasteiger partial charge in [-0.2, -0.15) is 5.10 Å². The van der Waals surface area contributed by atoms with Gasteiger partial charge in [0, 0.05) is 11.1 Å². The molecule has 0 aliphatic rings. The maximum atomic E-state index is 12.5. The minimum Gasteiger partial charge on any atom is -0.321 e. The Morgan fingerprint density at radius 1 is 1.05 bits per heavy atom. The molecule has 3 rings (SSSR count). The monoisotopic (exact) mass is 293 g/mol. The van der Waals surface area contributed by atoms with E-state index in [0.29, 0.717) is 16.5 Å². The van der Waals surface area contributed by atoms with Crippen molar-refractivity contribution in [2.75, 3.05) is 5.32 Å². The van der Waals surface area contributed by atoms with Gasteiger partial charge < -0.3 is 5.32 Å². The molecule has 2 N–H and O–H groups in total. The number of amides is 1. The molecule has 0 aliphatic heterocycles. The van der Waals surface area contributed by atoms with Gasteiger partial charge in [-0.05, 0) is 43.2 Å². The van der Waals surface area contributed by atoms with Crippen LogP contribution in [0.5, 0.6) is 0 Å². The Labute approximate surface area is 127 Å². The smallest absolute Gasteiger partial charge is 0.276 e. The maximum absolute atomic E-state index is 12.5. The van der Waals surface area contributed by atoms with E-state index in [2.05, 4.69) is 15.5 Å². The molecular formula is C17H15N3O2. The van der Waals surface area contributed by atoms with Gasteiger partial charge in [0.2, 0.25) is 0 Å². The van der Waals surface area contributed by atoms with E-state index in [0.717, 1.165) is 11.1 Å².